The Bertz CT molecular complexity index is 1150. The van der Waals surface area contributed by atoms with Crippen LogP contribution < -0.4 is 4.72 Å². The van der Waals surface area contributed by atoms with E-state index in [-0.39, 0.29) is 45.6 Å². The number of hydrogen-bond acceptors (Lipinski definition) is 4. The quantitative estimate of drug-likeness (QED) is 0.646. The number of benzene rings is 2. The average Bonchev–Trinajstić information content (AvgIpc) is 2.83. The summed E-state index contributed by atoms with van der Waals surface area (Å²) in [5, 5.41) is 0. The van der Waals surface area contributed by atoms with Gasteiger partial charge >= 0.3 is 0 Å². The van der Waals surface area contributed by atoms with E-state index in [1.165, 1.54) is 24.3 Å². The van der Waals surface area contributed by atoms with E-state index in [4.69, 9.17) is 0 Å². The first-order chi connectivity index (χ1) is 16.7. The van der Waals surface area contributed by atoms with E-state index in [0.29, 0.717) is 13.1 Å². The Kier molecular flexibility index (Phi) is 7.44. The molecule has 35 heavy (non-hydrogen) atoms. The fraction of sp³-hybridized carbons (Fsp3) is 0.462. The van der Waals surface area contributed by atoms with Crippen molar-refractivity contribution in [1.29, 1.82) is 0 Å². The normalized spacial score (nSPS) is 21.0. The summed E-state index contributed by atoms with van der Waals surface area (Å²) < 4.78 is 41.7. The molecule has 0 saturated carbocycles. The molecule has 2 aliphatic heterocycles. The van der Waals surface area contributed by atoms with Crippen LogP contribution in [0.2, 0.25) is 0 Å². The number of amides is 2. The molecule has 2 aliphatic rings. The third kappa shape index (κ3) is 5.66. The van der Waals surface area contributed by atoms with Crippen molar-refractivity contribution in [3.8, 4) is 0 Å². The van der Waals surface area contributed by atoms with Gasteiger partial charge in [-0.2, -0.15) is 0 Å². The lowest BCUT2D eigenvalue weighted by Crippen LogP contribution is -2.43. The Morgan fingerprint density at radius 3 is 1.77 bits per heavy atom. The first kappa shape index (κ1) is 25.2. The predicted molar refractivity (Wildman–Crippen MR) is 132 cm³/mol. The van der Waals surface area contributed by atoms with Crippen molar-refractivity contribution in [3.63, 3.8) is 0 Å². The van der Waals surface area contributed by atoms with Gasteiger partial charge in [0.25, 0.3) is 21.8 Å². The molecule has 0 aromatic heterocycles. The minimum absolute atomic E-state index is 0.0667. The van der Waals surface area contributed by atoms with Crippen LogP contribution in [-0.4, -0.2) is 55.2 Å². The number of rotatable bonds is 5. The fourth-order valence-corrected chi connectivity index (χ4v) is 5.93. The zero-order valence-corrected chi connectivity index (χ0v) is 21.0. The highest BCUT2D eigenvalue weighted by Crippen LogP contribution is 2.26. The highest BCUT2D eigenvalue weighted by Gasteiger charge is 2.28. The molecule has 2 aromatic rings. The van der Waals surface area contributed by atoms with Gasteiger partial charge in [0.15, 0.2) is 0 Å². The van der Waals surface area contributed by atoms with Crippen molar-refractivity contribution >= 4 is 27.5 Å². The molecule has 2 fully saturated rings. The second-order valence-electron chi connectivity index (χ2n) is 9.55. The third-order valence-electron chi connectivity index (χ3n) is 6.93. The molecular weight excluding hydrogens is 469 g/mol. The molecule has 2 saturated heterocycles. The molecule has 2 atom stereocenters. The maximum atomic E-state index is 13.4. The maximum Gasteiger partial charge on any atom is 0.261 e. The monoisotopic (exact) mass is 501 g/mol. The van der Waals surface area contributed by atoms with Crippen LogP contribution in [0.4, 0.5) is 10.1 Å². The number of likely N-dealkylation sites (tertiary alicyclic amines) is 2. The van der Waals surface area contributed by atoms with Crippen molar-refractivity contribution in [2.75, 3.05) is 17.8 Å². The standard InChI is InChI=1S/C26H32FN3O4S/c1-18-7-3-5-13-29(18)25(31)20-15-21(26(32)30-14-6-4-8-19(30)2)17-23(16-20)28-35(33,34)24-11-9-22(27)10-12-24/h9-12,15-19,28H,3-8,13-14H2,1-2H3/t18-,19-/m1/s1. The SMILES string of the molecule is C[C@@H]1CCCCN1C(=O)c1cc(NS(=O)(=O)c2ccc(F)cc2)cc(C(=O)N2CCCC[C@H]2C)c1. The van der Waals surface area contributed by atoms with E-state index in [2.05, 4.69) is 4.72 Å². The highest BCUT2D eigenvalue weighted by atomic mass is 32.2. The van der Waals surface area contributed by atoms with E-state index in [9.17, 15) is 22.4 Å². The van der Waals surface area contributed by atoms with E-state index < -0.39 is 15.8 Å². The van der Waals surface area contributed by atoms with Crippen molar-refractivity contribution < 1.29 is 22.4 Å². The fourth-order valence-electron chi connectivity index (χ4n) is 4.89. The van der Waals surface area contributed by atoms with Gasteiger partial charge < -0.3 is 9.80 Å². The lowest BCUT2D eigenvalue weighted by molar-refractivity contribution is 0.0634. The van der Waals surface area contributed by atoms with Gasteiger partial charge in [0.2, 0.25) is 0 Å². The molecule has 4 rings (SSSR count). The molecule has 2 amide bonds. The van der Waals surface area contributed by atoms with Gasteiger partial charge in [0.05, 0.1) is 10.6 Å². The second kappa shape index (κ2) is 10.4. The zero-order valence-electron chi connectivity index (χ0n) is 20.2. The van der Waals surface area contributed by atoms with Crippen LogP contribution in [0.3, 0.4) is 0 Å². The molecule has 0 unspecified atom stereocenters. The lowest BCUT2D eigenvalue weighted by atomic mass is 9.99. The summed E-state index contributed by atoms with van der Waals surface area (Å²) in [7, 11) is -4.05. The summed E-state index contributed by atoms with van der Waals surface area (Å²) in [5.41, 5.74) is 0.662. The number of piperidine rings is 2. The van der Waals surface area contributed by atoms with E-state index >= 15 is 0 Å². The molecular formula is C26H32FN3O4S. The average molecular weight is 502 g/mol. The van der Waals surface area contributed by atoms with Crippen molar-refractivity contribution in [1.82, 2.24) is 9.80 Å². The smallest absolute Gasteiger partial charge is 0.261 e. The first-order valence-corrected chi connectivity index (χ1v) is 13.7. The van der Waals surface area contributed by atoms with Crippen LogP contribution in [-0.2, 0) is 10.0 Å². The van der Waals surface area contributed by atoms with Gasteiger partial charge in [-0.25, -0.2) is 12.8 Å². The topological polar surface area (TPSA) is 86.8 Å². The van der Waals surface area contributed by atoms with E-state index in [1.54, 1.807) is 15.9 Å². The lowest BCUT2D eigenvalue weighted by Gasteiger charge is -2.34. The molecule has 7 nitrogen and oxygen atoms in total. The van der Waals surface area contributed by atoms with Crippen molar-refractivity contribution in [2.45, 2.75) is 69.4 Å². The molecule has 9 heteroatoms. The molecule has 2 aromatic carbocycles. The van der Waals surface area contributed by atoms with Crippen molar-refractivity contribution in [2.24, 2.45) is 0 Å². The number of hydrogen-bond donors (Lipinski definition) is 1. The van der Waals surface area contributed by atoms with Gasteiger partial charge in [0, 0.05) is 36.3 Å². The van der Waals surface area contributed by atoms with Crippen LogP contribution in [0.5, 0.6) is 0 Å². The minimum Gasteiger partial charge on any atom is -0.336 e. The van der Waals surface area contributed by atoms with Crippen molar-refractivity contribution in [3.05, 3.63) is 59.4 Å². The third-order valence-corrected chi connectivity index (χ3v) is 8.33. The Balaban J connectivity index is 1.71. The summed E-state index contributed by atoms with van der Waals surface area (Å²) in [6.45, 7) is 5.25. The molecule has 2 heterocycles. The Morgan fingerprint density at radius 2 is 1.31 bits per heavy atom. The molecule has 188 valence electrons. The summed E-state index contributed by atoms with van der Waals surface area (Å²) >= 11 is 0. The van der Waals surface area contributed by atoms with Crippen LogP contribution in [0, 0.1) is 5.82 Å². The molecule has 0 radical (unpaired) electrons. The zero-order chi connectivity index (χ0) is 25.2. The summed E-state index contributed by atoms with van der Waals surface area (Å²) in [4.78, 5) is 30.3. The maximum absolute atomic E-state index is 13.4. The van der Waals surface area contributed by atoms with Crippen LogP contribution in [0.25, 0.3) is 0 Å². The number of carbonyl (C=O) groups is 2. The molecule has 0 spiro atoms. The van der Waals surface area contributed by atoms with E-state index in [0.717, 1.165) is 50.7 Å². The minimum atomic E-state index is -4.05. The first-order valence-electron chi connectivity index (χ1n) is 12.2. The van der Waals surface area contributed by atoms with Gasteiger partial charge in [0.1, 0.15) is 5.82 Å². The number of nitrogens with zero attached hydrogens (tertiary/aromatic N) is 2. The number of nitrogens with one attached hydrogen (secondary N) is 1. The molecule has 1 N–H and O–H groups in total. The van der Waals surface area contributed by atoms with Crippen LogP contribution in [0.1, 0.15) is 73.1 Å². The number of halogens is 1. The second-order valence-corrected chi connectivity index (χ2v) is 11.2. The molecule has 0 aliphatic carbocycles. The summed E-state index contributed by atoms with van der Waals surface area (Å²) in [6, 6.07) is 9.13. The van der Waals surface area contributed by atoms with Gasteiger partial charge in [-0.05, 0) is 94.8 Å². The highest BCUT2D eigenvalue weighted by molar-refractivity contribution is 7.92. The Hall–Kier alpha value is -2.94. The Labute approximate surface area is 206 Å². The summed E-state index contributed by atoms with van der Waals surface area (Å²) in [5.74, 6) is -0.989. The van der Waals surface area contributed by atoms with Crippen LogP contribution in [0.15, 0.2) is 47.4 Å². The van der Waals surface area contributed by atoms with Gasteiger partial charge in [-0.1, -0.05) is 0 Å². The van der Waals surface area contributed by atoms with Crippen LogP contribution >= 0.6 is 0 Å². The summed E-state index contributed by atoms with van der Waals surface area (Å²) in [6.07, 6.45) is 5.73. The predicted octanol–water partition coefficient (Wildman–Crippen LogP) is 4.66. The Morgan fingerprint density at radius 1 is 0.829 bits per heavy atom. The number of carbonyl (C=O) groups excluding carboxylic acids is 2. The van der Waals surface area contributed by atoms with Gasteiger partial charge in [-0.15, -0.1) is 0 Å². The van der Waals surface area contributed by atoms with E-state index in [1.807, 2.05) is 13.8 Å². The largest absolute Gasteiger partial charge is 0.336 e. The number of sulfonamides is 1. The van der Waals surface area contributed by atoms with Gasteiger partial charge in [-0.3, -0.25) is 14.3 Å². The number of anilines is 1. The molecule has 0 bridgehead atoms.